The number of hydrogen-bond donors (Lipinski definition) is 2. The molecule has 0 aliphatic heterocycles. The lowest BCUT2D eigenvalue weighted by Crippen LogP contribution is -2.12. The average Bonchev–Trinajstić information content (AvgIpc) is 2.38. The van der Waals surface area contributed by atoms with Crippen LogP contribution in [0.25, 0.3) is 0 Å². The van der Waals surface area contributed by atoms with Gasteiger partial charge in [0.1, 0.15) is 0 Å². The maximum Gasteiger partial charge on any atom is 0.294 e. The first-order chi connectivity index (χ1) is 10.2. The number of nitrogens with one attached hydrogen (secondary N) is 1. The summed E-state index contributed by atoms with van der Waals surface area (Å²) < 4.78 is 31.7. The van der Waals surface area contributed by atoms with E-state index >= 15 is 0 Å². The van der Waals surface area contributed by atoms with Gasteiger partial charge in [-0.05, 0) is 42.8 Å². The standard InChI is InChI=1S/C14H11Cl2NO4S/c1-8-2-3-12(7-13(8)22(19,20)21)17-14(18)9-4-10(15)6-11(16)5-9/h2-7H,1H3,(H,17,18)(H,19,20,21). The third-order valence-electron chi connectivity index (χ3n) is 2.85. The second-order valence-corrected chi connectivity index (χ2v) is 6.83. The molecule has 0 aliphatic carbocycles. The van der Waals surface area contributed by atoms with E-state index < -0.39 is 16.0 Å². The fraction of sp³-hybridized carbons (Fsp3) is 0.0714. The molecule has 0 unspecified atom stereocenters. The largest absolute Gasteiger partial charge is 0.322 e. The molecule has 1 amide bonds. The zero-order valence-electron chi connectivity index (χ0n) is 11.3. The molecule has 5 nitrogen and oxygen atoms in total. The number of anilines is 1. The van der Waals surface area contributed by atoms with Crippen molar-refractivity contribution in [1.82, 2.24) is 0 Å². The number of carbonyl (C=O) groups excluding carboxylic acids is 1. The van der Waals surface area contributed by atoms with Crippen molar-refractivity contribution in [2.75, 3.05) is 5.32 Å². The van der Waals surface area contributed by atoms with Crippen molar-refractivity contribution in [1.29, 1.82) is 0 Å². The first-order valence-electron chi connectivity index (χ1n) is 6.02. The highest BCUT2D eigenvalue weighted by atomic mass is 35.5. The van der Waals surface area contributed by atoms with Crippen molar-refractivity contribution in [3.05, 3.63) is 57.6 Å². The highest BCUT2D eigenvalue weighted by Gasteiger charge is 2.15. The summed E-state index contributed by atoms with van der Waals surface area (Å²) in [5.74, 6) is -0.505. The van der Waals surface area contributed by atoms with Crippen LogP contribution in [0, 0.1) is 6.92 Å². The molecule has 2 N–H and O–H groups in total. The molecule has 2 aromatic carbocycles. The van der Waals surface area contributed by atoms with Gasteiger partial charge in [-0.15, -0.1) is 0 Å². The minimum Gasteiger partial charge on any atom is -0.322 e. The van der Waals surface area contributed by atoms with E-state index in [4.69, 9.17) is 27.8 Å². The van der Waals surface area contributed by atoms with Gasteiger partial charge in [0.15, 0.2) is 0 Å². The summed E-state index contributed by atoms with van der Waals surface area (Å²) in [4.78, 5) is 11.9. The normalized spacial score (nSPS) is 11.3. The maximum atomic E-state index is 12.1. The van der Waals surface area contributed by atoms with E-state index in [1.54, 1.807) is 0 Å². The monoisotopic (exact) mass is 359 g/mol. The second kappa shape index (κ2) is 6.26. The Morgan fingerprint density at radius 3 is 2.23 bits per heavy atom. The fourth-order valence-corrected chi connectivity index (χ4v) is 3.12. The highest BCUT2D eigenvalue weighted by Crippen LogP contribution is 2.22. The van der Waals surface area contributed by atoms with Crippen LogP contribution < -0.4 is 5.32 Å². The maximum absolute atomic E-state index is 12.1. The van der Waals surface area contributed by atoms with E-state index in [1.807, 2.05) is 0 Å². The van der Waals surface area contributed by atoms with Crippen LogP contribution in [0.3, 0.4) is 0 Å². The molecule has 0 aromatic heterocycles. The quantitative estimate of drug-likeness (QED) is 0.816. The van der Waals surface area contributed by atoms with Crippen molar-refractivity contribution in [2.24, 2.45) is 0 Å². The van der Waals surface area contributed by atoms with E-state index in [9.17, 15) is 13.2 Å². The summed E-state index contributed by atoms with van der Waals surface area (Å²) in [5.41, 5.74) is 0.817. The molecule has 2 rings (SSSR count). The van der Waals surface area contributed by atoms with Crippen molar-refractivity contribution in [3.8, 4) is 0 Å². The first kappa shape index (κ1) is 16.8. The Morgan fingerprint density at radius 2 is 1.68 bits per heavy atom. The van der Waals surface area contributed by atoms with E-state index in [0.29, 0.717) is 15.6 Å². The lowest BCUT2D eigenvalue weighted by molar-refractivity contribution is 0.102. The number of benzene rings is 2. The van der Waals surface area contributed by atoms with Gasteiger partial charge in [0.25, 0.3) is 16.0 Å². The van der Waals surface area contributed by atoms with Gasteiger partial charge >= 0.3 is 0 Å². The zero-order chi connectivity index (χ0) is 16.5. The molecule has 0 spiro atoms. The Balaban J connectivity index is 2.33. The molecule has 22 heavy (non-hydrogen) atoms. The van der Waals surface area contributed by atoms with Crippen molar-refractivity contribution in [3.63, 3.8) is 0 Å². The minimum absolute atomic E-state index is 0.222. The molecular formula is C14H11Cl2NO4S. The van der Waals surface area contributed by atoms with Gasteiger partial charge in [0.2, 0.25) is 0 Å². The number of carbonyl (C=O) groups is 1. The number of aryl methyl sites for hydroxylation is 1. The van der Waals surface area contributed by atoms with Crippen LogP contribution in [0.5, 0.6) is 0 Å². The number of hydrogen-bond acceptors (Lipinski definition) is 3. The van der Waals surface area contributed by atoms with Crippen molar-refractivity contribution in [2.45, 2.75) is 11.8 Å². The minimum atomic E-state index is -4.36. The van der Waals surface area contributed by atoms with E-state index in [1.165, 1.54) is 43.3 Å². The molecule has 0 heterocycles. The summed E-state index contributed by atoms with van der Waals surface area (Å²) in [6, 6.07) is 8.52. The number of amides is 1. The summed E-state index contributed by atoms with van der Waals surface area (Å²) >= 11 is 11.7. The molecule has 0 aliphatic rings. The van der Waals surface area contributed by atoms with E-state index in [2.05, 4.69) is 5.32 Å². The molecule has 0 bridgehead atoms. The molecule has 0 saturated heterocycles. The van der Waals surface area contributed by atoms with E-state index in [-0.39, 0.29) is 16.1 Å². The van der Waals surface area contributed by atoms with Crippen LogP contribution in [0.2, 0.25) is 10.0 Å². The van der Waals surface area contributed by atoms with Gasteiger partial charge < -0.3 is 5.32 Å². The Kier molecular flexibility index (Phi) is 4.77. The van der Waals surface area contributed by atoms with Crippen molar-refractivity contribution >= 4 is 44.9 Å². The lowest BCUT2D eigenvalue weighted by Gasteiger charge is -2.09. The molecule has 0 radical (unpaired) electrons. The van der Waals surface area contributed by atoms with Gasteiger partial charge in [0.05, 0.1) is 4.90 Å². The van der Waals surface area contributed by atoms with Gasteiger partial charge in [-0.25, -0.2) is 0 Å². The molecule has 116 valence electrons. The van der Waals surface area contributed by atoms with Gasteiger partial charge in [-0.2, -0.15) is 8.42 Å². The number of rotatable bonds is 3. The third-order valence-corrected chi connectivity index (χ3v) is 4.28. The zero-order valence-corrected chi connectivity index (χ0v) is 13.6. The molecule has 0 atom stereocenters. The lowest BCUT2D eigenvalue weighted by atomic mass is 10.2. The third kappa shape index (κ3) is 3.98. The van der Waals surface area contributed by atoms with Crippen LogP contribution in [0.1, 0.15) is 15.9 Å². The van der Waals surface area contributed by atoms with Crippen LogP contribution in [0.4, 0.5) is 5.69 Å². The summed E-state index contributed by atoms with van der Waals surface area (Å²) in [6.45, 7) is 1.53. The van der Waals surface area contributed by atoms with Crippen LogP contribution in [-0.2, 0) is 10.1 Å². The highest BCUT2D eigenvalue weighted by molar-refractivity contribution is 7.85. The molecular weight excluding hydrogens is 349 g/mol. The summed E-state index contributed by atoms with van der Waals surface area (Å²) in [6.07, 6.45) is 0. The fourth-order valence-electron chi connectivity index (χ4n) is 1.84. The SMILES string of the molecule is Cc1ccc(NC(=O)c2cc(Cl)cc(Cl)c2)cc1S(=O)(=O)O. The molecule has 2 aromatic rings. The second-order valence-electron chi connectivity index (χ2n) is 4.57. The topological polar surface area (TPSA) is 83.5 Å². The Morgan fingerprint density at radius 1 is 1.09 bits per heavy atom. The van der Waals surface area contributed by atoms with Crippen LogP contribution in [-0.4, -0.2) is 18.9 Å². The smallest absolute Gasteiger partial charge is 0.294 e. The predicted molar refractivity (Wildman–Crippen MR) is 85.4 cm³/mol. The Hall–Kier alpha value is -1.60. The first-order valence-corrected chi connectivity index (χ1v) is 8.22. The average molecular weight is 360 g/mol. The Bertz CT molecular complexity index is 830. The summed E-state index contributed by atoms with van der Waals surface area (Å²) in [7, 11) is -4.36. The van der Waals surface area contributed by atoms with Crippen LogP contribution >= 0.6 is 23.2 Å². The number of halogens is 2. The molecule has 8 heteroatoms. The van der Waals surface area contributed by atoms with Crippen LogP contribution in [0.15, 0.2) is 41.3 Å². The summed E-state index contributed by atoms with van der Waals surface area (Å²) in [5, 5.41) is 3.13. The van der Waals surface area contributed by atoms with E-state index in [0.717, 1.165) is 0 Å². The Labute approximate surface area is 137 Å². The van der Waals surface area contributed by atoms with Crippen molar-refractivity contribution < 1.29 is 17.8 Å². The molecule has 0 saturated carbocycles. The van der Waals surface area contributed by atoms with Gasteiger partial charge in [-0.3, -0.25) is 9.35 Å². The van der Waals surface area contributed by atoms with Gasteiger partial charge in [-0.1, -0.05) is 29.3 Å². The predicted octanol–water partition coefficient (Wildman–Crippen LogP) is 3.80. The molecule has 0 fully saturated rings. The van der Waals surface area contributed by atoms with Gasteiger partial charge in [0, 0.05) is 21.3 Å².